The molecule has 1 aliphatic rings. The summed E-state index contributed by atoms with van der Waals surface area (Å²) >= 11 is 17.0. The predicted octanol–water partition coefficient (Wildman–Crippen LogP) is 4.94. The van der Waals surface area contributed by atoms with Gasteiger partial charge in [-0.2, -0.15) is 0 Å². The number of hydrogen-bond donors (Lipinski definition) is 1. The second-order valence-electron chi connectivity index (χ2n) is 7.00. The lowest BCUT2D eigenvalue weighted by Gasteiger charge is -2.39. The highest BCUT2D eigenvalue weighted by Gasteiger charge is 2.44. The molecule has 1 unspecified atom stereocenters. The van der Waals surface area contributed by atoms with Crippen LogP contribution in [0.25, 0.3) is 0 Å². The Labute approximate surface area is 200 Å². The molecule has 2 aromatic carbocycles. The quantitative estimate of drug-likeness (QED) is 0.270. The van der Waals surface area contributed by atoms with Gasteiger partial charge in [-0.15, -0.1) is 0 Å². The number of benzene rings is 2. The van der Waals surface area contributed by atoms with E-state index in [0.717, 1.165) is 0 Å². The molecular formula is C22H20Cl3NO6. The summed E-state index contributed by atoms with van der Waals surface area (Å²) in [5.41, 5.74) is 0.662. The molecule has 0 bridgehead atoms. The van der Waals surface area contributed by atoms with Gasteiger partial charge in [0.25, 0.3) is 3.79 Å². The average molecular weight is 501 g/mol. The Morgan fingerprint density at radius 2 is 1.41 bits per heavy atom. The molecule has 1 saturated heterocycles. The van der Waals surface area contributed by atoms with E-state index < -0.39 is 46.2 Å². The van der Waals surface area contributed by atoms with Gasteiger partial charge in [-0.1, -0.05) is 71.2 Å². The van der Waals surface area contributed by atoms with Crippen molar-refractivity contribution in [3.05, 3.63) is 71.8 Å². The van der Waals surface area contributed by atoms with Crippen LogP contribution in [0.2, 0.25) is 0 Å². The van der Waals surface area contributed by atoms with E-state index in [9.17, 15) is 9.59 Å². The molecule has 0 radical (unpaired) electrons. The smallest absolute Gasteiger partial charge is 0.338 e. The van der Waals surface area contributed by atoms with Gasteiger partial charge in [0.2, 0.25) is 12.2 Å². The monoisotopic (exact) mass is 499 g/mol. The van der Waals surface area contributed by atoms with Crippen LogP contribution in [-0.2, 0) is 18.9 Å². The summed E-state index contributed by atoms with van der Waals surface area (Å²) in [7, 11) is 0. The lowest BCUT2D eigenvalue weighted by molar-refractivity contribution is -0.221. The van der Waals surface area contributed by atoms with Crippen molar-refractivity contribution in [3.8, 4) is 0 Å². The average Bonchev–Trinajstić information content (AvgIpc) is 2.76. The number of hydrogen-bond acceptors (Lipinski definition) is 7. The lowest BCUT2D eigenvalue weighted by Crippen LogP contribution is -2.52. The Hall–Kier alpha value is -2.32. The van der Waals surface area contributed by atoms with Gasteiger partial charge in [0, 0.05) is 0 Å². The van der Waals surface area contributed by atoms with Crippen LogP contribution in [0.5, 0.6) is 0 Å². The third-order valence-corrected chi connectivity index (χ3v) is 5.16. The van der Waals surface area contributed by atoms with E-state index in [4.69, 9.17) is 59.2 Å². The van der Waals surface area contributed by atoms with Crippen molar-refractivity contribution in [2.45, 2.75) is 41.7 Å². The number of carbonyl (C=O) groups excluding carboxylic acids is 2. The molecule has 0 aromatic heterocycles. The number of alkyl halides is 3. The SMILES string of the molecule is C[C@H]1OC(OC(=N)C(Cl)(Cl)Cl)C[C@H](OC(=O)c2ccccc2)[C@@H]1OC(=O)c1ccccc1. The fourth-order valence-electron chi connectivity index (χ4n) is 3.11. The highest BCUT2D eigenvalue weighted by Crippen LogP contribution is 2.32. The van der Waals surface area contributed by atoms with Crippen LogP contribution >= 0.6 is 34.8 Å². The largest absolute Gasteiger partial charge is 0.454 e. The fourth-order valence-corrected chi connectivity index (χ4v) is 3.24. The second-order valence-corrected chi connectivity index (χ2v) is 9.28. The molecule has 1 aliphatic heterocycles. The van der Waals surface area contributed by atoms with E-state index in [-0.39, 0.29) is 6.42 Å². The topological polar surface area (TPSA) is 94.9 Å². The van der Waals surface area contributed by atoms with E-state index in [1.807, 2.05) is 0 Å². The summed E-state index contributed by atoms with van der Waals surface area (Å²) in [6.45, 7) is 1.63. The maximum absolute atomic E-state index is 12.7. The predicted molar refractivity (Wildman–Crippen MR) is 119 cm³/mol. The summed E-state index contributed by atoms with van der Waals surface area (Å²) in [4.78, 5) is 25.3. The second kappa shape index (κ2) is 10.5. The van der Waals surface area contributed by atoms with Gasteiger partial charge in [0.1, 0.15) is 6.10 Å². The third-order valence-electron chi connectivity index (χ3n) is 4.65. The van der Waals surface area contributed by atoms with Crippen molar-refractivity contribution in [3.63, 3.8) is 0 Å². The molecule has 0 aliphatic carbocycles. The number of ether oxygens (including phenoxy) is 4. The van der Waals surface area contributed by atoms with Crippen LogP contribution < -0.4 is 0 Å². The first-order valence-electron chi connectivity index (χ1n) is 9.65. The summed E-state index contributed by atoms with van der Waals surface area (Å²) in [6.07, 6.45) is -3.74. The molecule has 0 spiro atoms. The Morgan fingerprint density at radius 1 is 0.906 bits per heavy atom. The Balaban J connectivity index is 1.79. The van der Waals surface area contributed by atoms with Crippen molar-refractivity contribution in [1.82, 2.24) is 0 Å². The molecule has 3 rings (SSSR count). The Kier molecular flexibility index (Phi) is 8.00. The molecule has 1 fully saturated rings. The van der Waals surface area contributed by atoms with Gasteiger partial charge in [-0.25, -0.2) is 9.59 Å². The van der Waals surface area contributed by atoms with E-state index in [1.165, 1.54) is 0 Å². The van der Waals surface area contributed by atoms with E-state index in [2.05, 4.69) is 0 Å². The van der Waals surface area contributed by atoms with E-state index in [1.54, 1.807) is 67.6 Å². The summed E-state index contributed by atoms with van der Waals surface area (Å²) in [6, 6.07) is 16.8. The van der Waals surface area contributed by atoms with Crippen LogP contribution in [-0.4, -0.2) is 46.2 Å². The van der Waals surface area contributed by atoms with E-state index in [0.29, 0.717) is 11.1 Å². The standard InChI is InChI=1S/C22H20Cl3NO6/c1-13-18(32-20(28)15-10-6-3-7-11-15)16(30-19(27)14-8-4-2-5-9-14)12-17(29-13)31-21(26)22(23,24)25/h2-11,13,16-18,26H,12H2,1H3/t13-,16+,17?,18-/m1/s1. The lowest BCUT2D eigenvalue weighted by atomic mass is 10.0. The van der Waals surface area contributed by atoms with Gasteiger partial charge in [0.15, 0.2) is 6.10 Å². The number of esters is 2. The molecular weight excluding hydrogens is 481 g/mol. The first-order chi connectivity index (χ1) is 15.1. The van der Waals surface area contributed by atoms with Crippen molar-refractivity contribution in [2.75, 3.05) is 0 Å². The van der Waals surface area contributed by atoms with Crippen LogP contribution in [0.3, 0.4) is 0 Å². The van der Waals surface area contributed by atoms with Crippen molar-refractivity contribution < 1.29 is 28.5 Å². The molecule has 32 heavy (non-hydrogen) atoms. The van der Waals surface area contributed by atoms with Crippen molar-refractivity contribution in [2.24, 2.45) is 0 Å². The minimum atomic E-state index is -2.08. The highest BCUT2D eigenvalue weighted by molar-refractivity contribution is 6.76. The number of carbonyl (C=O) groups is 2. The van der Waals surface area contributed by atoms with E-state index >= 15 is 0 Å². The van der Waals surface area contributed by atoms with Gasteiger partial charge in [-0.05, 0) is 31.2 Å². The van der Waals surface area contributed by atoms with Gasteiger partial charge in [-0.3, -0.25) is 5.41 Å². The van der Waals surface area contributed by atoms with Gasteiger partial charge in [0.05, 0.1) is 23.7 Å². The molecule has 0 saturated carbocycles. The first-order valence-corrected chi connectivity index (χ1v) is 10.8. The summed E-state index contributed by atoms with van der Waals surface area (Å²) in [5, 5.41) is 7.77. The Morgan fingerprint density at radius 3 is 1.91 bits per heavy atom. The maximum atomic E-state index is 12.7. The fraction of sp³-hybridized carbons (Fsp3) is 0.318. The molecule has 0 amide bonds. The normalized spacial score (nSPS) is 23.1. The van der Waals surface area contributed by atoms with Crippen LogP contribution in [0.4, 0.5) is 0 Å². The van der Waals surface area contributed by atoms with Crippen LogP contribution in [0.15, 0.2) is 60.7 Å². The molecule has 1 heterocycles. The summed E-state index contributed by atoms with van der Waals surface area (Å²) < 4.78 is 20.2. The minimum absolute atomic E-state index is 0.0568. The Bertz CT molecular complexity index is 951. The molecule has 10 heteroatoms. The van der Waals surface area contributed by atoms with Crippen molar-refractivity contribution in [1.29, 1.82) is 5.41 Å². The van der Waals surface area contributed by atoms with Crippen LogP contribution in [0.1, 0.15) is 34.1 Å². The molecule has 1 N–H and O–H groups in total. The number of rotatable bonds is 5. The number of halogens is 3. The zero-order valence-electron chi connectivity index (χ0n) is 16.9. The molecule has 2 aromatic rings. The third kappa shape index (κ3) is 6.36. The highest BCUT2D eigenvalue weighted by atomic mass is 35.6. The van der Waals surface area contributed by atoms with Gasteiger partial charge >= 0.3 is 11.9 Å². The maximum Gasteiger partial charge on any atom is 0.338 e. The zero-order valence-corrected chi connectivity index (χ0v) is 19.1. The summed E-state index contributed by atoms with van der Waals surface area (Å²) in [5.74, 6) is -1.85. The van der Waals surface area contributed by atoms with Gasteiger partial charge < -0.3 is 18.9 Å². The first kappa shape index (κ1) is 24.3. The molecule has 170 valence electrons. The molecule has 7 nitrogen and oxygen atoms in total. The number of nitrogens with one attached hydrogen (secondary N) is 1. The molecule has 4 atom stereocenters. The van der Waals surface area contributed by atoms with Crippen LogP contribution in [0, 0.1) is 5.41 Å². The minimum Gasteiger partial charge on any atom is -0.454 e. The van der Waals surface area contributed by atoms with Crippen molar-refractivity contribution >= 4 is 52.6 Å². The zero-order chi connectivity index (χ0) is 23.3.